The molecule has 0 aromatic carbocycles. The Bertz CT molecular complexity index is 556. The van der Waals surface area contributed by atoms with Gasteiger partial charge in [0.2, 0.25) is 0 Å². The van der Waals surface area contributed by atoms with Crippen molar-refractivity contribution in [3.8, 4) is 0 Å². The van der Waals surface area contributed by atoms with Crippen LogP contribution in [0.2, 0.25) is 0 Å². The van der Waals surface area contributed by atoms with E-state index in [1.54, 1.807) is 0 Å². The first-order chi connectivity index (χ1) is 9.83. The maximum absolute atomic E-state index is 12.0. The molecule has 0 aromatic rings. The van der Waals surface area contributed by atoms with Crippen LogP contribution in [0.15, 0.2) is 0 Å². The fourth-order valence-electron chi connectivity index (χ4n) is 2.31. The SMILES string of the molecule is O=[C-]CONC(=O)[C@@H]1CC[C@@H]2CN1C(=O)N2OS(=O)(=O)O.[Na+].[OH-]. The number of nitrogens with zero attached hydrogens (tertiary/aromatic N) is 2. The number of piperidine rings is 1. The van der Waals surface area contributed by atoms with Crippen LogP contribution in [0.4, 0.5) is 4.79 Å². The van der Waals surface area contributed by atoms with Crippen molar-refractivity contribution in [2.75, 3.05) is 13.2 Å². The van der Waals surface area contributed by atoms with Gasteiger partial charge in [-0.05, 0) is 19.4 Å². The molecule has 0 radical (unpaired) electrons. The Morgan fingerprint density at radius 2 is 2.09 bits per heavy atom. The summed E-state index contributed by atoms with van der Waals surface area (Å²) < 4.78 is 34.2. The number of nitrogens with one attached hydrogen (secondary N) is 1. The first-order valence-electron chi connectivity index (χ1n) is 5.87. The van der Waals surface area contributed by atoms with Crippen molar-refractivity contribution in [1.29, 1.82) is 0 Å². The van der Waals surface area contributed by atoms with Gasteiger partial charge >= 0.3 is 46.0 Å². The first kappa shape index (κ1) is 22.2. The van der Waals surface area contributed by atoms with Crippen molar-refractivity contribution in [2.24, 2.45) is 0 Å². The summed E-state index contributed by atoms with van der Waals surface area (Å²) in [4.78, 5) is 39.3. The van der Waals surface area contributed by atoms with Crippen LogP contribution in [0.5, 0.6) is 0 Å². The van der Waals surface area contributed by atoms with Gasteiger partial charge in [0.1, 0.15) is 6.04 Å². The third kappa shape index (κ3) is 5.36. The minimum Gasteiger partial charge on any atom is -0.870 e. The molecule has 3 N–H and O–H groups in total. The molecule has 2 aliphatic rings. The van der Waals surface area contributed by atoms with E-state index in [0.29, 0.717) is 11.5 Å². The molecule has 3 amide bonds. The average molecular weight is 362 g/mol. The first-order valence-corrected chi connectivity index (χ1v) is 7.23. The number of hydroxylamine groups is 3. The van der Waals surface area contributed by atoms with Crippen LogP contribution in [-0.4, -0.2) is 71.9 Å². The van der Waals surface area contributed by atoms with Gasteiger partial charge in [-0.2, -0.15) is 13.5 Å². The molecule has 2 heterocycles. The van der Waals surface area contributed by atoms with Gasteiger partial charge in [-0.3, -0.25) is 9.35 Å². The fraction of sp³-hybridized carbons (Fsp3) is 0.667. The van der Waals surface area contributed by atoms with E-state index >= 15 is 0 Å². The molecule has 0 aliphatic carbocycles. The molecular weight excluding hydrogens is 349 g/mol. The quantitative estimate of drug-likeness (QED) is 0.154. The largest absolute Gasteiger partial charge is 1.00 e. The zero-order chi connectivity index (χ0) is 15.6. The number of amides is 3. The summed E-state index contributed by atoms with van der Waals surface area (Å²) in [6.45, 7) is -0.376. The molecule has 2 bridgehead atoms. The second-order valence-electron chi connectivity index (χ2n) is 4.41. The molecule has 12 nitrogen and oxygen atoms in total. The predicted octanol–water partition coefficient (Wildman–Crippen LogP) is -5.03. The molecule has 2 fully saturated rings. The van der Waals surface area contributed by atoms with Crippen molar-refractivity contribution >= 4 is 28.6 Å². The van der Waals surface area contributed by atoms with Crippen LogP contribution in [0, 0.1) is 0 Å². The summed E-state index contributed by atoms with van der Waals surface area (Å²) in [6.07, 6.45) is 1.96. The molecule has 0 spiro atoms. The second kappa shape index (κ2) is 8.89. The summed E-state index contributed by atoms with van der Waals surface area (Å²) in [5.74, 6) is -0.647. The predicted molar refractivity (Wildman–Crippen MR) is 65.1 cm³/mol. The molecule has 0 unspecified atom stereocenters. The number of hydrogen-bond acceptors (Lipinski definition) is 8. The van der Waals surface area contributed by atoms with E-state index in [2.05, 4.69) is 9.12 Å². The number of carbonyl (C=O) groups excluding carboxylic acids is 3. The number of rotatable bonds is 6. The van der Waals surface area contributed by atoms with Crippen LogP contribution in [0.1, 0.15) is 12.8 Å². The van der Waals surface area contributed by atoms with Gasteiger partial charge in [-0.25, -0.2) is 16.6 Å². The Hall–Kier alpha value is -0.800. The molecule has 2 rings (SSSR count). The van der Waals surface area contributed by atoms with Gasteiger partial charge in [0.25, 0.3) is 5.91 Å². The monoisotopic (exact) mass is 362 g/mol. The van der Waals surface area contributed by atoms with Crippen molar-refractivity contribution in [2.45, 2.75) is 24.9 Å². The standard InChI is InChI=1S/C9H12N3O8S.Na.H2O/c13-3-4-19-10-8(14)7-2-1-6-5-11(7)9(15)12(6)20-21(16,17)18;;/h6-7H,1-2,4-5H2,(H,10,14)(H,16,17,18);;1H2/q-1;+1;/p-1/t6-,7+;;/m1../s1. The van der Waals surface area contributed by atoms with Crippen molar-refractivity contribution in [3.63, 3.8) is 0 Å². The topological polar surface area (TPSA) is 173 Å². The van der Waals surface area contributed by atoms with Crippen LogP contribution in [-0.2, 0) is 29.1 Å². The number of urea groups is 1. The molecule has 0 aromatic heterocycles. The Balaban J connectivity index is 0.00000242. The minimum atomic E-state index is -4.82. The molecule has 23 heavy (non-hydrogen) atoms. The fourth-order valence-corrected chi connectivity index (χ4v) is 2.70. The van der Waals surface area contributed by atoms with Gasteiger partial charge in [0.05, 0.1) is 6.04 Å². The molecule has 0 saturated carbocycles. The number of carbonyl (C=O) groups is 2. The van der Waals surface area contributed by atoms with Crippen molar-refractivity contribution in [3.05, 3.63) is 0 Å². The Morgan fingerprint density at radius 3 is 2.65 bits per heavy atom. The van der Waals surface area contributed by atoms with Gasteiger partial charge in [-0.1, -0.05) is 0 Å². The van der Waals surface area contributed by atoms with Crippen molar-refractivity contribution < 1.29 is 71.5 Å². The van der Waals surface area contributed by atoms with E-state index in [0.717, 1.165) is 4.90 Å². The number of hydrogen-bond donors (Lipinski definition) is 2. The van der Waals surface area contributed by atoms with Crippen LogP contribution >= 0.6 is 0 Å². The van der Waals surface area contributed by atoms with E-state index in [9.17, 15) is 22.8 Å². The van der Waals surface area contributed by atoms with Gasteiger partial charge in [0, 0.05) is 6.54 Å². The summed E-state index contributed by atoms with van der Waals surface area (Å²) >= 11 is 0. The third-order valence-corrected chi connectivity index (χ3v) is 3.45. The maximum Gasteiger partial charge on any atom is 1.00 e. The van der Waals surface area contributed by atoms with E-state index in [1.807, 2.05) is 5.48 Å². The molecule has 2 aliphatic heterocycles. The number of fused-ring (bicyclic) bond motifs is 2. The Labute approximate surface area is 153 Å². The van der Waals surface area contributed by atoms with Crippen molar-refractivity contribution in [1.82, 2.24) is 15.4 Å². The molecule has 14 heteroatoms. The van der Waals surface area contributed by atoms with E-state index in [-0.39, 0.29) is 48.0 Å². The molecule has 2 saturated heterocycles. The van der Waals surface area contributed by atoms with E-state index in [4.69, 9.17) is 4.55 Å². The maximum atomic E-state index is 12.0. The summed E-state index contributed by atoms with van der Waals surface area (Å²) in [7, 11) is -4.82. The second-order valence-corrected chi connectivity index (χ2v) is 5.41. The van der Waals surface area contributed by atoms with Crippen LogP contribution < -0.4 is 35.0 Å². The molecule has 126 valence electrons. The van der Waals surface area contributed by atoms with Crippen LogP contribution in [0.3, 0.4) is 0 Å². The van der Waals surface area contributed by atoms with E-state index < -0.39 is 41.0 Å². The van der Waals surface area contributed by atoms with Crippen LogP contribution in [0.25, 0.3) is 0 Å². The average Bonchev–Trinajstić information content (AvgIpc) is 2.63. The Kier molecular flexibility index (Phi) is 8.58. The van der Waals surface area contributed by atoms with E-state index in [1.165, 1.54) is 6.29 Å². The minimum absolute atomic E-state index is 0. The molecular formula is C9H13N3NaO9S-. The molecule has 2 atom stereocenters. The summed E-state index contributed by atoms with van der Waals surface area (Å²) in [5.41, 5.74) is 2.00. The smallest absolute Gasteiger partial charge is 0.870 e. The zero-order valence-corrected chi connectivity index (χ0v) is 14.9. The van der Waals surface area contributed by atoms with Gasteiger partial charge < -0.3 is 20.0 Å². The third-order valence-electron chi connectivity index (χ3n) is 3.10. The zero-order valence-electron chi connectivity index (χ0n) is 12.0. The summed E-state index contributed by atoms with van der Waals surface area (Å²) in [5, 5.41) is 0.530. The summed E-state index contributed by atoms with van der Waals surface area (Å²) in [6, 6.07) is -2.31. The van der Waals surface area contributed by atoms with Gasteiger partial charge in [-0.15, -0.1) is 4.28 Å². The van der Waals surface area contributed by atoms with Gasteiger partial charge in [0.15, 0.2) is 0 Å². The normalized spacial score (nSPS) is 22.9. The Morgan fingerprint density at radius 1 is 1.43 bits per heavy atom.